The van der Waals surface area contributed by atoms with E-state index < -0.39 is 16.0 Å². The van der Waals surface area contributed by atoms with E-state index in [2.05, 4.69) is 4.98 Å². The molecule has 0 saturated heterocycles. The molecule has 0 aliphatic heterocycles. The zero-order chi connectivity index (χ0) is 15.3. The zero-order valence-corrected chi connectivity index (χ0v) is 12.6. The van der Waals surface area contributed by atoms with Gasteiger partial charge in [0.15, 0.2) is 0 Å². The lowest BCUT2D eigenvalue weighted by Crippen LogP contribution is -2.23. The molecular formula is C12H19N3O4S. The van der Waals surface area contributed by atoms with Gasteiger partial charge in [0, 0.05) is 40.3 Å². The van der Waals surface area contributed by atoms with E-state index in [1.807, 2.05) is 0 Å². The number of hydrogen-bond donors (Lipinski definition) is 1. The number of carboxylic acids is 1. The Morgan fingerprint density at radius 1 is 1.30 bits per heavy atom. The van der Waals surface area contributed by atoms with Gasteiger partial charge in [0.25, 0.3) is 0 Å². The van der Waals surface area contributed by atoms with Crippen LogP contribution in [-0.4, -0.2) is 56.5 Å². The predicted molar refractivity (Wildman–Crippen MR) is 75.2 cm³/mol. The van der Waals surface area contributed by atoms with Crippen LogP contribution in [0, 0.1) is 0 Å². The fourth-order valence-electron chi connectivity index (χ4n) is 1.54. The maximum Gasteiger partial charge on any atom is 0.303 e. The van der Waals surface area contributed by atoms with Crippen molar-refractivity contribution >= 4 is 21.8 Å². The van der Waals surface area contributed by atoms with E-state index in [1.165, 1.54) is 26.4 Å². The Kier molecular flexibility index (Phi) is 5.46. The number of nitrogens with zero attached hydrogens (tertiary/aromatic N) is 3. The molecule has 1 N–H and O–H groups in total. The number of hydrogen-bond acceptors (Lipinski definition) is 5. The monoisotopic (exact) mass is 301 g/mol. The molecule has 1 heterocycles. The van der Waals surface area contributed by atoms with E-state index in [0.717, 1.165) is 4.31 Å². The maximum absolute atomic E-state index is 11.9. The first kappa shape index (κ1) is 16.4. The Hall–Kier alpha value is -1.67. The van der Waals surface area contributed by atoms with Gasteiger partial charge in [-0.15, -0.1) is 0 Å². The van der Waals surface area contributed by atoms with Crippen LogP contribution >= 0.6 is 0 Å². The molecule has 0 spiro atoms. The number of carboxylic acid groups (broad SMARTS) is 1. The summed E-state index contributed by atoms with van der Waals surface area (Å²) >= 11 is 0. The molecule has 1 aromatic rings. The third kappa shape index (κ3) is 4.17. The second-order valence-electron chi connectivity index (χ2n) is 4.56. The van der Waals surface area contributed by atoms with E-state index in [1.54, 1.807) is 18.0 Å². The highest BCUT2D eigenvalue weighted by Gasteiger charge is 2.17. The fourth-order valence-corrected chi connectivity index (χ4v) is 2.39. The number of anilines is 1. The molecule has 1 rings (SSSR count). The van der Waals surface area contributed by atoms with Crippen LogP contribution in [0.25, 0.3) is 0 Å². The fraction of sp³-hybridized carbons (Fsp3) is 0.500. The van der Waals surface area contributed by atoms with Crippen molar-refractivity contribution in [2.75, 3.05) is 32.6 Å². The molecule has 20 heavy (non-hydrogen) atoms. The van der Waals surface area contributed by atoms with E-state index in [4.69, 9.17) is 5.11 Å². The summed E-state index contributed by atoms with van der Waals surface area (Å²) in [5.41, 5.74) is 0. The van der Waals surface area contributed by atoms with Gasteiger partial charge in [-0.1, -0.05) is 0 Å². The van der Waals surface area contributed by atoms with Gasteiger partial charge in [-0.05, 0) is 18.6 Å². The van der Waals surface area contributed by atoms with Crippen LogP contribution in [0.4, 0.5) is 5.82 Å². The summed E-state index contributed by atoms with van der Waals surface area (Å²) in [4.78, 5) is 16.4. The molecular weight excluding hydrogens is 282 g/mol. The second kappa shape index (κ2) is 6.67. The van der Waals surface area contributed by atoms with Crippen molar-refractivity contribution in [1.29, 1.82) is 0 Å². The first-order valence-electron chi connectivity index (χ1n) is 6.06. The maximum atomic E-state index is 11.9. The summed E-state index contributed by atoms with van der Waals surface area (Å²) in [7, 11) is 1.23. The van der Waals surface area contributed by atoms with Gasteiger partial charge >= 0.3 is 5.97 Å². The Labute approximate surface area is 118 Å². The molecule has 0 amide bonds. The topological polar surface area (TPSA) is 90.8 Å². The van der Waals surface area contributed by atoms with E-state index in [0.29, 0.717) is 18.8 Å². The minimum atomic E-state index is -3.47. The van der Waals surface area contributed by atoms with Gasteiger partial charge < -0.3 is 10.0 Å². The lowest BCUT2D eigenvalue weighted by Gasteiger charge is -2.18. The van der Waals surface area contributed by atoms with Gasteiger partial charge in [-0.2, -0.15) is 0 Å². The summed E-state index contributed by atoms with van der Waals surface area (Å²) in [6, 6.07) is 3.10. The highest BCUT2D eigenvalue weighted by atomic mass is 32.2. The van der Waals surface area contributed by atoms with E-state index in [9.17, 15) is 13.2 Å². The molecule has 0 unspecified atom stereocenters. The standard InChI is InChI=1S/C12H19N3O4S/c1-14(2)20(18,19)10-6-7-11(13-9-10)15(3)8-4-5-12(16)17/h6-7,9H,4-5,8H2,1-3H3,(H,16,17). The average Bonchev–Trinajstić information content (AvgIpc) is 2.38. The van der Waals surface area contributed by atoms with E-state index >= 15 is 0 Å². The molecule has 0 radical (unpaired) electrons. The van der Waals surface area contributed by atoms with Crippen molar-refractivity contribution in [2.45, 2.75) is 17.7 Å². The van der Waals surface area contributed by atoms with Crippen LogP contribution in [-0.2, 0) is 14.8 Å². The minimum absolute atomic E-state index is 0.0947. The quantitative estimate of drug-likeness (QED) is 0.794. The van der Waals surface area contributed by atoms with Gasteiger partial charge in [0.2, 0.25) is 10.0 Å². The van der Waals surface area contributed by atoms with Crippen molar-refractivity contribution in [3.63, 3.8) is 0 Å². The molecule has 0 saturated carbocycles. The Morgan fingerprint density at radius 3 is 2.40 bits per heavy atom. The average molecular weight is 301 g/mol. The van der Waals surface area contributed by atoms with Crippen LogP contribution in [0.15, 0.2) is 23.2 Å². The highest BCUT2D eigenvalue weighted by Crippen LogP contribution is 2.16. The van der Waals surface area contributed by atoms with Crippen molar-refractivity contribution in [1.82, 2.24) is 9.29 Å². The molecule has 1 aromatic heterocycles. The van der Waals surface area contributed by atoms with Crippen LogP contribution in [0.2, 0.25) is 0 Å². The second-order valence-corrected chi connectivity index (χ2v) is 6.71. The molecule has 7 nitrogen and oxygen atoms in total. The summed E-state index contributed by atoms with van der Waals surface area (Å²) in [5.74, 6) is -0.230. The molecule has 0 atom stereocenters. The predicted octanol–water partition coefficient (Wildman–Crippen LogP) is 0.633. The van der Waals surface area contributed by atoms with Crippen LogP contribution in [0.1, 0.15) is 12.8 Å². The highest BCUT2D eigenvalue weighted by molar-refractivity contribution is 7.89. The van der Waals surface area contributed by atoms with Gasteiger partial charge in [0.05, 0.1) is 0 Å². The molecule has 0 aliphatic carbocycles. The molecule has 8 heteroatoms. The SMILES string of the molecule is CN(CCCC(=O)O)c1ccc(S(=O)(=O)N(C)C)cn1. The third-order valence-corrected chi connectivity index (χ3v) is 4.57. The smallest absolute Gasteiger partial charge is 0.303 e. The number of sulfonamides is 1. The molecule has 0 aromatic carbocycles. The van der Waals surface area contributed by atoms with Gasteiger partial charge in [-0.25, -0.2) is 17.7 Å². The Balaban J connectivity index is 2.74. The largest absolute Gasteiger partial charge is 0.481 e. The number of carbonyl (C=O) groups is 1. The van der Waals surface area contributed by atoms with Crippen molar-refractivity contribution in [3.05, 3.63) is 18.3 Å². The zero-order valence-electron chi connectivity index (χ0n) is 11.8. The van der Waals surface area contributed by atoms with Gasteiger partial charge in [0.1, 0.15) is 10.7 Å². The normalized spacial score (nSPS) is 11.6. The lowest BCUT2D eigenvalue weighted by atomic mass is 10.3. The first-order chi connectivity index (χ1) is 9.25. The first-order valence-corrected chi connectivity index (χ1v) is 7.50. The van der Waals surface area contributed by atoms with Crippen molar-refractivity contribution in [2.24, 2.45) is 0 Å². The minimum Gasteiger partial charge on any atom is -0.481 e. The number of aliphatic carboxylic acids is 1. The Bertz CT molecular complexity index is 555. The van der Waals surface area contributed by atoms with Crippen molar-refractivity contribution < 1.29 is 18.3 Å². The summed E-state index contributed by atoms with van der Waals surface area (Å²) in [6.07, 6.45) is 1.90. The number of aromatic nitrogens is 1. The summed E-state index contributed by atoms with van der Waals surface area (Å²) < 4.78 is 24.9. The van der Waals surface area contributed by atoms with Crippen LogP contribution in [0.5, 0.6) is 0 Å². The third-order valence-electron chi connectivity index (χ3n) is 2.77. The number of pyridine rings is 1. The van der Waals surface area contributed by atoms with Crippen LogP contribution < -0.4 is 4.90 Å². The molecule has 0 aliphatic rings. The van der Waals surface area contributed by atoms with Crippen LogP contribution in [0.3, 0.4) is 0 Å². The molecule has 0 bridgehead atoms. The Morgan fingerprint density at radius 2 is 1.95 bits per heavy atom. The molecule has 112 valence electrons. The van der Waals surface area contributed by atoms with E-state index in [-0.39, 0.29) is 11.3 Å². The van der Waals surface area contributed by atoms with Crippen molar-refractivity contribution in [3.8, 4) is 0 Å². The summed E-state index contributed by atoms with van der Waals surface area (Å²) in [5, 5.41) is 8.57. The summed E-state index contributed by atoms with van der Waals surface area (Å²) in [6.45, 7) is 0.541. The van der Waals surface area contributed by atoms with Gasteiger partial charge in [-0.3, -0.25) is 4.79 Å². The number of rotatable bonds is 7. The lowest BCUT2D eigenvalue weighted by molar-refractivity contribution is -0.137. The molecule has 0 fully saturated rings.